The van der Waals surface area contributed by atoms with Crippen LogP contribution in [-0.4, -0.2) is 65.1 Å². The Morgan fingerprint density at radius 1 is 1.14 bits per heavy atom. The van der Waals surface area contributed by atoms with Gasteiger partial charge in [-0.05, 0) is 52.0 Å². The lowest BCUT2D eigenvalue weighted by molar-refractivity contribution is 0.0699. The Morgan fingerprint density at radius 2 is 1.82 bits per heavy atom. The SMILES string of the molecule is CC(C)OC(=O)N1CCC(Nc2ncc(C(=O)N3CCCCC3)cc2Cl)CC1. The van der Waals surface area contributed by atoms with Gasteiger partial charge in [0, 0.05) is 38.4 Å². The number of nitrogens with zero attached hydrogens (tertiary/aromatic N) is 3. The first kappa shape index (κ1) is 20.7. The summed E-state index contributed by atoms with van der Waals surface area (Å²) >= 11 is 6.39. The van der Waals surface area contributed by atoms with Crippen molar-refractivity contribution in [1.82, 2.24) is 14.8 Å². The number of hydrogen-bond acceptors (Lipinski definition) is 5. The van der Waals surface area contributed by atoms with Gasteiger partial charge in [0.2, 0.25) is 0 Å². The molecule has 0 aliphatic carbocycles. The molecule has 0 radical (unpaired) electrons. The smallest absolute Gasteiger partial charge is 0.410 e. The minimum atomic E-state index is -0.259. The highest BCUT2D eigenvalue weighted by atomic mass is 35.5. The number of aromatic nitrogens is 1. The third-order valence-corrected chi connectivity index (χ3v) is 5.45. The molecule has 3 heterocycles. The molecule has 8 heteroatoms. The molecule has 1 aromatic heterocycles. The maximum absolute atomic E-state index is 12.6. The highest BCUT2D eigenvalue weighted by Gasteiger charge is 2.25. The zero-order valence-electron chi connectivity index (χ0n) is 16.6. The summed E-state index contributed by atoms with van der Waals surface area (Å²) in [6.45, 7) is 6.56. The fourth-order valence-corrected chi connectivity index (χ4v) is 3.84. The molecule has 28 heavy (non-hydrogen) atoms. The Hall–Kier alpha value is -2.02. The monoisotopic (exact) mass is 408 g/mol. The number of ether oxygens (including phenoxy) is 1. The average molecular weight is 409 g/mol. The third kappa shape index (κ3) is 5.28. The predicted octanol–water partition coefficient (Wildman–Crippen LogP) is 3.78. The quantitative estimate of drug-likeness (QED) is 0.820. The van der Waals surface area contributed by atoms with Crippen LogP contribution in [0.25, 0.3) is 0 Å². The van der Waals surface area contributed by atoms with Crippen molar-refractivity contribution < 1.29 is 14.3 Å². The Bertz CT molecular complexity index is 699. The average Bonchev–Trinajstić information content (AvgIpc) is 2.69. The van der Waals surface area contributed by atoms with E-state index in [2.05, 4.69) is 10.3 Å². The molecule has 0 aromatic carbocycles. The van der Waals surface area contributed by atoms with Crippen molar-refractivity contribution in [2.75, 3.05) is 31.5 Å². The van der Waals surface area contributed by atoms with E-state index in [-0.39, 0.29) is 24.1 Å². The molecule has 2 saturated heterocycles. The Balaban J connectivity index is 1.54. The van der Waals surface area contributed by atoms with Crippen molar-refractivity contribution in [3.8, 4) is 0 Å². The van der Waals surface area contributed by atoms with Crippen LogP contribution in [0.4, 0.5) is 10.6 Å². The zero-order chi connectivity index (χ0) is 20.1. The normalized spacial score (nSPS) is 18.3. The van der Waals surface area contributed by atoms with Gasteiger partial charge >= 0.3 is 6.09 Å². The summed E-state index contributed by atoms with van der Waals surface area (Å²) in [5, 5.41) is 3.80. The van der Waals surface area contributed by atoms with Crippen molar-refractivity contribution >= 4 is 29.4 Å². The second-order valence-corrected chi connectivity index (χ2v) is 8.15. The van der Waals surface area contributed by atoms with E-state index in [4.69, 9.17) is 16.3 Å². The molecule has 1 N–H and O–H groups in total. The number of carbonyl (C=O) groups excluding carboxylic acids is 2. The lowest BCUT2D eigenvalue weighted by Crippen LogP contribution is -2.43. The summed E-state index contributed by atoms with van der Waals surface area (Å²) in [5.74, 6) is 0.581. The van der Waals surface area contributed by atoms with Crippen LogP contribution in [0.3, 0.4) is 0 Å². The van der Waals surface area contributed by atoms with Crippen molar-refractivity contribution in [2.24, 2.45) is 0 Å². The molecule has 0 spiro atoms. The predicted molar refractivity (Wildman–Crippen MR) is 109 cm³/mol. The lowest BCUT2D eigenvalue weighted by atomic mass is 10.1. The van der Waals surface area contributed by atoms with Crippen LogP contribution >= 0.6 is 11.6 Å². The van der Waals surface area contributed by atoms with Gasteiger partial charge < -0.3 is 19.9 Å². The Morgan fingerprint density at radius 3 is 2.43 bits per heavy atom. The molecular formula is C20H29ClN4O3. The van der Waals surface area contributed by atoms with Crippen LogP contribution in [0, 0.1) is 0 Å². The molecule has 154 valence electrons. The molecule has 0 saturated carbocycles. The molecule has 0 bridgehead atoms. The van der Waals surface area contributed by atoms with Gasteiger partial charge in [-0.15, -0.1) is 0 Å². The molecule has 0 unspecified atom stereocenters. The van der Waals surface area contributed by atoms with Crippen LogP contribution in [0.5, 0.6) is 0 Å². The van der Waals surface area contributed by atoms with Crippen molar-refractivity contribution in [3.63, 3.8) is 0 Å². The zero-order valence-corrected chi connectivity index (χ0v) is 17.4. The van der Waals surface area contributed by atoms with E-state index in [9.17, 15) is 9.59 Å². The molecular weight excluding hydrogens is 380 g/mol. The number of pyridine rings is 1. The van der Waals surface area contributed by atoms with E-state index in [0.29, 0.717) is 29.5 Å². The number of rotatable bonds is 4. The first-order valence-electron chi connectivity index (χ1n) is 10.1. The number of nitrogens with one attached hydrogen (secondary N) is 1. The maximum Gasteiger partial charge on any atom is 0.410 e. The molecule has 3 rings (SSSR count). The fourth-order valence-electron chi connectivity index (χ4n) is 3.62. The summed E-state index contributed by atoms with van der Waals surface area (Å²) in [5.41, 5.74) is 0.531. The van der Waals surface area contributed by atoms with Crippen LogP contribution in [0.1, 0.15) is 56.3 Å². The van der Waals surface area contributed by atoms with Crippen molar-refractivity contribution in [3.05, 3.63) is 22.8 Å². The second kappa shape index (κ2) is 9.45. The second-order valence-electron chi connectivity index (χ2n) is 7.75. The molecule has 2 amide bonds. The van der Waals surface area contributed by atoms with Crippen molar-refractivity contribution in [2.45, 2.75) is 58.1 Å². The van der Waals surface area contributed by atoms with Gasteiger partial charge in [-0.1, -0.05) is 11.6 Å². The van der Waals surface area contributed by atoms with Crippen LogP contribution in [0.2, 0.25) is 5.02 Å². The van der Waals surface area contributed by atoms with Crippen LogP contribution in [0.15, 0.2) is 12.3 Å². The summed E-state index contributed by atoms with van der Waals surface area (Å²) in [7, 11) is 0. The van der Waals surface area contributed by atoms with Crippen LogP contribution in [-0.2, 0) is 4.74 Å². The highest BCUT2D eigenvalue weighted by molar-refractivity contribution is 6.33. The minimum Gasteiger partial charge on any atom is -0.447 e. The Labute approximate surface area is 171 Å². The first-order chi connectivity index (χ1) is 13.4. The first-order valence-corrected chi connectivity index (χ1v) is 10.5. The van der Waals surface area contributed by atoms with E-state index in [1.807, 2.05) is 18.7 Å². The largest absolute Gasteiger partial charge is 0.447 e. The minimum absolute atomic E-state index is 0.00220. The van der Waals surface area contributed by atoms with Gasteiger partial charge in [-0.2, -0.15) is 0 Å². The van der Waals surface area contributed by atoms with Crippen LogP contribution < -0.4 is 5.32 Å². The molecule has 7 nitrogen and oxygen atoms in total. The standard InChI is InChI=1S/C20H29ClN4O3/c1-14(2)28-20(27)25-10-6-16(7-11-25)23-18-17(21)12-15(13-22-18)19(26)24-8-4-3-5-9-24/h12-14,16H,3-11H2,1-2H3,(H,22,23). The van der Waals surface area contributed by atoms with Gasteiger partial charge in [-0.25, -0.2) is 9.78 Å². The van der Waals surface area contributed by atoms with Gasteiger partial charge in [0.05, 0.1) is 16.7 Å². The van der Waals surface area contributed by atoms with E-state index in [1.54, 1.807) is 17.2 Å². The summed E-state index contributed by atoms with van der Waals surface area (Å²) in [4.78, 5) is 32.5. The van der Waals surface area contributed by atoms with Gasteiger partial charge in [0.1, 0.15) is 5.82 Å². The number of hydrogen-bond donors (Lipinski definition) is 1. The summed E-state index contributed by atoms with van der Waals surface area (Å²) < 4.78 is 5.25. The molecule has 2 aliphatic rings. The molecule has 2 aliphatic heterocycles. The fraction of sp³-hybridized carbons (Fsp3) is 0.650. The van der Waals surface area contributed by atoms with E-state index in [1.165, 1.54) is 6.42 Å². The number of carbonyl (C=O) groups is 2. The number of halogens is 1. The van der Waals surface area contributed by atoms with E-state index >= 15 is 0 Å². The van der Waals surface area contributed by atoms with Gasteiger partial charge in [0.25, 0.3) is 5.91 Å². The molecule has 0 atom stereocenters. The molecule has 1 aromatic rings. The number of piperidine rings is 2. The third-order valence-electron chi connectivity index (χ3n) is 5.16. The summed E-state index contributed by atoms with van der Waals surface area (Å²) in [6, 6.07) is 1.87. The highest BCUT2D eigenvalue weighted by Crippen LogP contribution is 2.25. The topological polar surface area (TPSA) is 74.8 Å². The molecule has 2 fully saturated rings. The number of amides is 2. The van der Waals surface area contributed by atoms with E-state index in [0.717, 1.165) is 38.8 Å². The number of likely N-dealkylation sites (tertiary alicyclic amines) is 2. The Kier molecular flexibility index (Phi) is 6.99. The van der Waals surface area contributed by atoms with Gasteiger partial charge in [0.15, 0.2) is 0 Å². The van der Waals surface area contributed by atoms with Crippen molar-refractivity contribution in [1.29, 1.82) is 0 Å². The van der Waals surface area contributed by atoms with Gasteiger partial charge in [-0.3, -0.25) is 4.79 Å². The summed E-state index contributed by atoms with van der Waals surface area (Å²) in [6.07, 6.45) is 6.09. The maximum atomic E-state index is 12.6. The lowest BCUT2D eigenvalue weighted by Gasteiger charge is -2.32. The van der Waals surface area contributed by atoms with E-state index < -0.39 is 0 Å². The number of anilines is 1.